The maximum Gasteiger partial charge on any atom is 0.412 e. The van der Waals surface area contributed by atoms with E-state index in [2.05, 4.69) is 11.8 Å². The zero-order valence-electron chi connectivity index (χ0n) is 16.4. The summed E-state index contributed by atoms with van der Waals surface area (Å²) in [6.07, 6.45) is -0.681. The zero-order chi connectivity index (χ0) is 20.8. The number of halogens is 3. The van der Waals surface area contributed by atoms with Crippen molar-refractivity contribution >= 4 is 11.9 Å². The van der Waals surface area contributed by atoms with Crippen molar-refractivity contribution in [2.24, 2.45) is 0 Å². The third kappa shape index (κ3) is 3.80. The lowest BCUT2D eigenvalue weighted by atomic mass is 10.00. The van der Waals surface area contributed by atoms with Gasteiger partial charge in [0.2, 0.25) is 11.9 Å². The molecule has 1 unspecified atom stereocenters. The lowest BCUT2D eigenvalue weighted by Crippen LogP contribution is -2.46. The highest BCUT2D eigenvalue weighted by Gasteiger charge is 2.41. The fourth-order valence-corrected chi connectivity index (χ4v) is 3.99. The van der Waals surface area contributed by atoms with Crippen LogP contribution in [0, 0.1) is 0 Å². The van der Waals surface area contributed by atoms with E-state index in [4.69, 9.17) is 9.97 Å². The smallest absolute Gasteiger partial charge is 0.341 e. The van der Waals surface area contributed by atoms with Crippen molar-refractivity contribution in [1.29, 1.82) is 0 Å². The minimum absolute atomic E-state index is 0.00117. The van der Waals surface area contributed by atoms with Crippen LogP contribution in [-0.4, -0.2) is 34.6 Å². The molecule has 0 saturated carbocycles. The van der Waals surface area contributed by atoms with Crippen molar-refractivity contribution in [3.63, 3.8) is 0 Å². The molecule has 1 amide bonds. The van der Waals surface area contributed by atoms with Crippen molar-refractivity contribution in [2.75, 3.05) is 11.4 Å². The first-order chi connectivity index (χ1) is 13.7. The number of carbonyl (C=O) groups is 1. The number of aromatic nitrogens is 2. The van der Waals surface area contributed by atoms with E-state index in [-0.39, 0.29) is 5.56 Å². The number of nitrogens with one attached hydrogen (secondary N) is 1. The number of hydrogen-bond acceptors (Lipinski definition) is 4. The van der Waals surface area contributed by atoms with Gasteiger partial charge < -0.3 is 10.2 Å². The monoisotopic (exact) mass is 404 g/mol. The van der Waals surface area contributed by atoms with Crippen molar-refractivity contribution in [3.8, 4) is 11.3 Å². The SMILES string of the molecule is CC(=O)NC(c1ccc(-c2nc(N3CC[C@@H]3C)nc3c2CCC3)cc1)C(F)(F)F. The molecule has 5 nitrogen and oxygen atoms in total. The molecule has 1 aliphatic carbocycles. The molecule has 0 radical (unpaired) electrons. The van der Waals surface area contributed by atoms with Crippen LogP contribution in [0.5, 0.6) is 0 Å². The highest BCUT2D eigenvalue weighted by Crippen LogP contribution is 2.36. The van der Waals surface area contributed by atoms with Gasteiger partial charge in [0.05, 0.1) is 5.69 Å². The summed E-state index contributed by atoms with van der Waals surface area (Å²) < 4.78 is 40.1. The van der Waals surface area contributed by atoms with Gasteiger partial charge in [0.15, 0.2) is 6.04 Å². The molecule has 4 rings (SSSR count). The predicted octanol–water partition coefficient (Wildman–Crippen LogP) is 3.97. The molecule has 1 aliphatic heterocycles. The number of carbonyl (C=O) groups excluding carboxylic acids is 1. The third-order valence-corrected chi connectivity index (χ3v) is 5.69. The van der Waals surface area contributed by atoms with E-state index in [0.29, 0.717) is 12.0 Å². The molecular weight excluding hydrogens is 381 g/mol. The molecule has 0 spiro atoms. The molecule has 0 bridgehead atoms. The van der Waals surface area contributed by atoms with Gasteiger partial charge in [0.1, 0.15) is 0 Å². The molecule has 1 aromatic heterocycles. The van der Waals surface area contributed by atoms with E-state index >= 15 is 0 Å². The Morgan fingerprint density at radius 3 is 2.48 bits per heavy atom. The first kappa shape index (κ1) is 19.7. The van der Waals surface area contributed by atoms with E-state index in [0.717, 1.165) is 61.7 Å². The van der Waals surface area contributed by atoms with Crippen molar-refractivity contribution in [3.05, 3.63) is 41.1 Å². The second kappa shape index (κ2) is 7.31. The second-order valence-electron chi connectivity index (χ2n) is 7.78. The van der Waals surface area contributed by atoms with Gasteiger partial charge in [-0.1, -0.05) is 24.3 Å². The van der Waals surface area contributed by atoms with Crippen molar-refractivity contribution in [1.82, 2.24) is 15.3 Å². The van der Waals surface area contributed by atoms with E-state index in [1.54, 1.807) is 12.1 Å². The number of alkyl halides is 3. The number of hydrogen-bond donors (Lipinski definition) is 1. The number of anilines is 1. The summed E-state index contributed by atoms with van der Waals surface area (Å²) >= 11 is 0. The van der Waals surface area contributed by atoms with E-state index < -0.39 is 18.1 Å². The Bertz CT molecular complexity index is 927. The number of aryl methyl sites for hydroxylation is 1. The molecule has 1 aromatic carbocycles. The normalized spacial score (nSPS) is 19.5. The summed E-state index contributed by atoms with van der Waals surface area (Å²) in [7, 11) is 0. The first-order valence-electron chi connectivity index (χ1n) is 9.84. The zero-order valence-corrected chi connectivity index (χ0v) is 16.4. The maximum absolute atomic E-state index is 13.4. The van der Waals surface area contributed by atoms with Gasteiger partial charge in [-0.2, -0.15) is 13.2 Å². The van der Waals surface area contributed by atoms with Gasteiger partial charge in [-0.05, 0) is 38.2 Å². The average Bonchev–Trinajstić information content (AvgIpc) is 3.12. The molecule has 1 saturated heterocycles. The number of benzene rings is 1. The van der Waals surface area contributed by atoms with Gasteiger partial charge in [-0.25, -0.2) is 9.97 Å². The van der Waals surface area contributed by atoms with Crippen molar-refractivity contribution < 1.29 is 18.0 Å². The summed E-state index contributed by atoms with van der Waals surface area (Å²) in [5.41, 5.74) is 3.70. The molecule has 2 atom stereocenters. The average molecular weight is 404 g/mol. The van der Waals surface area contributed by atoms with Crippen LogP contribution < -0.4 is 10.2 Å². The van der Waals surface area contributed by atoms with E-state index in [9.17, 15) is 18.0 Å². The molecule has 2 aromatic rings. The minimum atomic E-state index is -4.57. The predicted molar refractivity (Wildman–Crippen MR) is 104 cm³/mol. The summed E-state index contributed by atoms with van der Waals surface area (Å²) in [6, 6.07) is 4.51. The molecule has 2 aliphatic rings. The van der Waals surface area contributed by atoms with Crippen LogP contribution in [0.3, 0.4) is 0 Å². The molecule has 29 heavy (non-hydrogen) atoms. The van der Waals surface area contributed by atoms with Crippen LogP contribution in [0.15, 0.2) is 24.3 Å². The fourth-order valence-electron chi connectivity index (χ4n) is 3.99. The third-order valence-electron chi connectivity index (χ3n) is 5.69. The minimum Gasteiger partial charge on any atom is -0.341 e. The standard InChI is InChI=1S/C21H23F3N4O/c1-12-10-11-28(12)20-26-17-5-3-4-16(17)18(27-20)14-6-8-15(9-7-14)19(21(22,23)24)25-13(2)29/h6-9,12,19H,3-5,10-11H2,1-2H3,(H,25,29)/t12-,19?/m0/s1. The Balaban J connectivity index is 1.69. The Morgan fingerprint density at radius 2 is 1.93 bits per heavy atom. The van der Waals surface area contributed by atoms with Gasteiger partial charge in [0.25, 0.3) is 0 Å². The molecule has 2 heterocycles. The lowest BCUT2D eigenvalue weighted by Gasteiger charge is -2.39. The van der Waals surface area contributed by atoms with Crippen molar-refractivity contribution in [2.45, 2.75) is 57.8 Å². The first-order valence-corrected chi connectivity index (χ1v) is 9.84. The summed E-state index contributed by atoms with van der Waals surface area (Å²) in [4.78, 5) is 22.9. The number of amides is 1. The van der Waals surface area contributed by atoms with Crippen LogP contribution in [0.2, 0.25) is 0 Å². The Kier molecular flexibility index (Phi) is 4.96. The Labute approximate surface area is 167 Å². The lowest BCUT2D eigenvalue weighted by molar-refractivity contribution is -0.162. The van der Waals surface area contributed by atoms with Crippen LogP contribution >= 0.6 is 0 Å². The highest BCUT2D eigenvalue weighted by molar-refractivity contribution is 5.73. The summed E-state index contributed by atoms with van der Waals surface area (Å²) in [5, 5.41) is 1.98. The van der Waals surface area contributed by atoms with E-state index in [1.807, 2.05) is 5.32 Å². The van der Waals surface area contributed by atoms with Gasteiger partial charge in [-0.15, -0.1) is 0 Å². The topological polar surface area (TPSA) is 58.1 Å². The van der Waals surface area contributed by atoms with E-state index in [1.165, 1.54) is 12.1 Å². The fraction of sp³-hybridized carbons (Fsp3) is 0.476. The highest BCUT2D eigenvalue weighted by atomic mass is 19.4. The van der Waals surface area contributed by atoms with Crippen LogP contribution in [-0.2, 0) is 17.6 Å². The second-order valence-corrected chi connectivity index (χ2v) is 7.78. The number of nitrogens with zero attached hydrogens (tertiary/aromatic N) is 3. The Hall–Kier alpha value is -2.64. The van der Waals surface area contributed by atoms with Gasteiger partial charge >= 0.3 is 6.18 Å². The molecular formula is C21H23F3N4O. The summed E-state index contributed by atoms with van der Waals surface area (Å²) in [5.74, 6) is -0.0202. The van der Waals surface area contributed by atoms with Gasteiger partial charge in [0, 0.05) is 36.3 Å². The van der Waals surface area contributed by atoms with Crippen LogP contribution in [0.25, 0.3) is 11.3 Å². The largest absolute Gasteiger partial charge is 0.412 e. The number of fused-ring (bicyclic) bond motifs is 1. The van der Waals surface area contributed by atoms with Gasteiger partial charge in [-0.3, -0.25) is 4.79 Å². The van der Waals surface area contributed by atoms with Crippen LogP contribution in [0.4, 0.5) is 19.1 Å². The maximum atomic E-state index is 13.4. The molecule has 1 fully saturated rings. The molecule has 8 heteroatoms. The quantitative estimate of drug-likeness (QED) is 0.838. The molecule has 1 N–H and O–H groups in total. The molecule has 154 valence electrons. The summed E-state index contributed by atoms with van der Waals surface area (Å²) in [6.45, 7) is 4.13. The Morgan fingerprint density at radius 1 is 1.21 bits per heavy atom. The number of rotatable bonds is 4. The van der Waals surface area contributed by atoms with Crippen LogP contribution in [0.1, 0.15) is 49.6 Å².